The summed E-state index contributed by atoms with van der Waals surface area (Å²) in [6.07, 6.45) is 7.18. The molecule has 8 heteroatoms. The number of anilines is 2. The minimum Gasteiger partial charge on any atom is -0.397 e. The summed E-state index contributed by atoms with van der Waals surface area (Å²) >= 11 is 1.35. The van der Waals surface area contributed by atoms with Crippen molar-refractivity contribution in [3.05, 3.63) is 41.3 Å². The summed E-state index contributed by atoms with van der Waals surface area (Å²) in [5.74, 6) is 0.754. The van der Waals surface area contributed by atoms with E-state index in [1.54, 1.807) is 19.4 Å². The summed E-state index contributed by atoms with van der Waals surface area (Å²) in [7, 11) is 1.61. The number of carbonyl (C=O) groups excluding carboxylic acids is 1. The van der Waals surface area contributed by atoms with Crippen molar-refractivity contribution < 1.29 is 4.79 Å². The number of nitrogens with zero attached hydrogens (tertiary/aromatic N) is 4. The van der Waals surface area contributed by atoms with E-state index in [9.17, 15) is 4.79 Å². The Morgan fingerprint density at radius 2 is 2.07 bits per heavy atom. The molecule has 0 unspecified atom stereocenters. The molecule has 27 heavy (non-hydrogen) atoms. The van der Waals surface area contributed by atoms with E-state index < -0.39 is 0 Å². The number of carbonyl (C=O) groups is 1. The van der Waals surface area contributed by atoms with Crippen LogP contribution in [0.15, 0.2) is 30.7 Å². The Morgan fingerprint density at radius 1 is 1.30 bits per heavy atom. The fourth-order valence-electron chi connectivity index (χ4n) is 3.56. The van der Waals surface area contributed by atoms with Crippen molar-refractivity contribution >= 4 is 39.0 Å². The summed E-state index contributed by atoms with van der Waals surface area (Å²) in [5, 5.41) is 3.49. The Labute approximate surface area is 161 Å². The molecule has 7 nitrogen and oxygen atoms in total. The molecule has 1 aliphatic heterocycles. The molecular weight excluding hydrogens is 360 g/mol. The second-order valence-electron chi connectivity index (χ2n) is 7.08. The van der Waals surface area contributed by atoms with E-state index in [0.29, 0.717) is 10.6 Å². The molecule has 3 N–H and O–H groups in total. The van der Waals surface area contributed by atoms with Crippen LogP contribution in [0.4, 0.5) is 11.5 Å². The van der Waals surface area contributed by atoms with Crippen LogP contribution in [0.3, 0.4) is 0 Å². The molecule has 3 aromatic rings. The number of thiophene rings is 1. The maximum absolute atomic E-state index is 12.0. The number of nitrogens with one attached hydrogen (secondary N) is 1. The van der Waals surface area contributed by atoms with Crippen molar-refractivity contribution in [2.75, 3.05) is 30.8 Å². The first kappa shape index (κ1) is 17.7. The van der Waals surface area contributed by atoms with Crippen molar-refractivity contribution in [1.29, 1.82) is 0 Å². The van der Waals surface area contributed by atoms with Gasteiger partial charge in [0.2, 0.25) is 0 Å². The minimum atomic E-state index is -0.166. The van der Waals surface area contributed by atoms with E-state index >= 15 is 0 Å². The van der Waals surface area contributed by atoms with Gasteiger partial charge < -0.3 is 16.0 Å². The van der Waals surface area contributed by atoms with Crippen LogP contribution in [0.5, 0.6) is 0 Å². The third kappa shape index (κ3) is 3.10. The van der Waals surface area contributed by atoms with E-state index in [0.717, 1.165) is 47.7 Å². The molecule has 0 bridgehead atoms. The molecule has 4 rings (SSSR count). The molecule has 4 heterocycles. The highest BCUT2D eigenvalue weighted by atomic mass is 32.1. The number of rotatable bonds is 3. The highest BCUT2D eigenvalue weighted by Gasteiger charge is 2.34. The van der Waals surface area contributed by atoms with Gasteiger partial charge in [-0.25, -0.2) is 9.97 Å². The van der Waals surface area contributed by atoms with Gasteiger partial charge in [0.25, 0.3) is 5.91 Å². The molecule has 0 aliphatic carbocycles. The fourth-order valence-corrected chi connectivity index (χ4v) is 4.60. The van der Waals surface area contributed by atoms with Gasteiger partial charge in [0.1, 0.15) is 15.5 Å². The zero-order chi connectivity index (χ0) is 19.0. The first-order chi connectivity index (χ1) is 13.0. The monoisotopic (exact) mass is 382 g/mol. The number of hydrogen-bond donors (Lipinski definition) is 2. The Bertz CT molecular complexity index is 979. The van der Waals surface area contributed by atoms with Crippen LogP contribution in [0, 0.1) is 0 Å². The maximum atomic E-state index is 12.0. The van der Waals surface area contributed by atoms with E-state index in [1.807, 2.05) is 12.3 Å². The van der Waals surface area contributed by atoms with Gasteiger partial charge >= 0.3 is 0 Å². The predicted molar refractivity (Wildman–Crippen MR) is 108 cm³/mol. The standard InChI is InChI=1S/C19H22N6OS/c1-19(5-9-25(10-6-19)14-11-22-7-8-23-14)13-4-3-12-15(20)16(17(26)21-2)27-18(12)24-13/h3-4,7-8,11H,5-6,9-10,20H2,1-2H3,(H,21,26). The molecule has 1 amide bonds. The van der Waals surface area contributed by atoms with Crippen LogP contribution >= 0.6 is 11.3 Å². The lowest BCUT2D eigenvalue weighted by atomic mass is 9.77. The van der Waals surface area contributed by atoms with Gasteiger partial charge in [0.05, 0.1) is 11.9 Å². The quantitative estimate of drug-likeness (QED) is 0.723. The molecule has 0 atom stereocenters. The normalized spacial score (nSPS) is 16.4. The van der Waals surface area contributed by atoms with Crippen molar-refractivity contribution in [2.24, 2.45) is 0 Å². The van der Waals surface area contributed by atoms with Gasteiger partial charge in [-0.05, 0) is 25.0 Å². The molecule has 0 aromatic carbocycles. The van der Waals surface area contributed by atoms with E-state index in [4.69, 9.17) is 10.7 Å². The number of nitrogens with two attached hydrogens (primary N) is 1. The molecular formula is C19H22N6OS. The molecule has 0 spiro atoms. The van der Waals surface area contributed by atoms with Crippen LogP contribution in [0.2, 0.25) is 0 Å². The van der Waals surface area contributed by atoms with Crippen LogP contribution in [-0.2, 0) is 5.41 Å². The number of aromatic nitrogens is 3. The van der Waals surface area contributed by atoms with Crippen molar-refractivity contribution in [1.82, 2.24) is 20.3 Å². The number of fused-ring (bicyclic) bond motifs is 1. The number of hydrogen-bond acceptors (Lipinski definition) is 7. The molecule has 1 saturated heterocycles. The van der Waals surface area contributed by atoms with Crippen LogP contribution in [-0.4, -0.2) is 41.0 Å². The summed E-state index contributed by atoms with van der Waals surface area (Å²) < 4.78 is 0. The van der Waals surface area contributed by atoms with Gasteiger partial charge in [-0.2, -0.15) is 0 Å². The Hall–Kier alpha value is -2.74. The predicted octanol–water partition coefficient (Wildman–Crippen LogP) is 2.59. The second-order valence-corrected chi connectivity index (χ2v) is 8.08. The first-order valence-corrected chi connectivity index (χ1v) is 9.76. The Kier molecular flexibility index (Phi) is 4.43. The van der Waals surface area contributed by atoms with Crippen molar-refractivity contribution in [2.45, 2.75) is 25.2 Å². The minimum absolute atomic E-state index is 0.0151. The van der Waals surface area contributed by atoms with Crippen molar-refractivity contribution in [3.8, 4) is 0 Å². The molecule has 3 aromatic heterocycles. The largest absolute Gasteiger partial charge is 0.397 e. The van der Waals surface area contributed by atoms with Crippen LogP contribution < -0.4 is 16.0 Å². The Morgan fingerprint density at radius 3 is 2.74 bits per heavy atom. The van der Waals surface area contributed by atoms with E-state index in [2.05, 4.69) is 33.2 Å². The lowest BCUT2D eigenvalue weighted by molar-refractivity contribution is 0.0968. The highest BCUT2D eigenvalue weighted by Crippen LogP contribution is 2.38. The summed E-state index contributed by atoms with van der Waals surface area (Å²) in [6.45, 7) is 4.07. The average Bonchev–Trinajstić information content (AvgIpc) is 3.05. The second kappa shape index (κ2) is 6.77. The van der Waals surface area contributed by atoms with E-state index in [1.165, 1.54) is 11.3 Å². The van der Waals surface area contributed by atoms with Crippen LogP contribution in [0.25, 0.3) is 10.2 Å². The molecule has 0 saturated carbocycles. The number of pyridine rings is 1. The zero-order valence-corrected chi connectivity index (χ0v) is 16.2. The lowest BCUT2D eigenvalue weighted by Gasteiger charge is -2.39. The smallest absolute Gasteiger partial charge is 0.263 e. The zero-order valence-electron chi connectivity index (χ0n) is 15.4. The first-order valence-electron chi connectivity index (χ1n) is 8.94. The summed E-state index contributed by atoms with van der Waals surface area (Å²) in [5.41, 5.74) is 7.70. The third-order valence-corrected chi connectivity index (χ3v) is 6.50. The summed E-state index contributed by atoms with van der Waals surface area (Å²) in [6, 6.07) is 4.05. The number of piperidine rings is 1. The van der Waals surface area contributed by atoms with E-state index in [-0.39, 0.29) is 11.3 Å². The van der Waals surface area contributed by atoms with Gasteiger partial charge in [-0.15, -0.1) is 11.3 Å². The summed E-state index contributed by atoms with van der Waals surface area (Å²) in [4.78, 5) is 29.0. The topological polar surface area (TPSA) is 97.0 Å². The van der Waals surface area contributed by atoms with Gasteiger partial charge in [-0.1, -0.05) is 6.92 Å². The highest BCUT2D eigenvalue weighted by molar-refractivity contribution is 7.21. The molecule has 0 radical (unpaired) electrons. The number of nitrogen functional groups attached to an aromatic ring is 1. The average molecular weight is 382 g/mol. The van der Waals surface area contributed by atoms with Crippen LogP contribution in [0.1, 0.15) is 35.1 Å². The lowest BCUT2D eigenvalue weighted by Crippen LogP contribution is -2.41. The SMILES string of the molecule is CNC(=O)c1sc2nc(C3(C)CCN(c4cnccn4)CC3)ccc2c1N. The Balaban J connectivity index is 1.59. The molecule has 1 fully saturated rings. The van der Waals surface area contributed by atoms with Gasteiger partial charge in [0.15, 0.2) is 0 Å². The van der Waals surface area contributed by atoms with Gasteiger partial charge in [0, 0.05) is 49.0 Å². The maximum Gasteiger partial charge on any atom is 0.263 e. The fraction of sp³-hybridized carbons (Fsp3) is 0.368. The van der Waals surface area contributed by atoms with Gasteiger partial charge in [-0.3, -0.25) is 9.78 Å². The number of amides is 1. The molecule has 140 valence electrons. The molecule has 1 aliphatic rings. The third-order valence-electron chi connectivity index (χ3n) is 5.39. The van der Waals surface area contributed by atoms with Crippen molar-refractivity contribution in [3.63, 3.8) is 0 Å².